The molecule has 0 aliphatic heterocycles. The Hall–Kier alpha value is -1.48. The lowest BCUT2D eigenvalue weighted by atomic mass is 9.91. The molecule has 0 aliphatic rings. The molecule has 0 bridgehead atoms. The van der Waals surface area contributed by atoms with Crippen molar-refractivity contribution in [2.24, 2.45) is 5.41 Å². The Morgan fingerprint density at radius 1 is 1.14 bits per heavy atom. The van der Waals surface area contributed by atoms with Gasteiger partial charge >= 0.3 is 0 Å². The maximum Gasteiger partial charge on any atom is 0.146 e. The number of aryl methyl sites for hydroxylation is 3. The minimum Gasteiger partial charge on any atom is -0.382 e. The second-order valence-electron chi connectivity index (χ2n) is 7.04. The lowest BCUT2D eigenvalue weighted by Gasteiger charge is -2.16. The number of hydrogen-bond donors (Lipinski definition) is 1. The van der Waals surface area contributed by atoms with Crippen LogP contribution in [-0.4, -0.2) is 9.78 Å². The smallest absolute Gasteiger partial charge is 0.146 e. The van der Waals surface area contributed by atoms with E-state index in [9.17, 15) is 0 Å². The van der Waals surface area contributed by atoms with Crippen LogP contribution < -0.4 is 5.73 Å². The van der Waals surface area contributed by atoms with Crippen molar-refractivity contribution in [3.63, 3.8) is 0 Å². The van der Waals surface area contributed by atoms with Crippen molar-refractivity contribution >= 4 is 17.4 Å². The Morgan fingerprint density at radius 3 is 2.14 bits per heavy atom. The SMILES string of the molecule is Cc1cc(C)c(-n2nc(CC(C)(C)C)c(Cl)c2N)c(C)c1. The standard InChI is InChI=1S/C17H24ClN3/c1-10-7-11(2)15(12(3)8-10)21-16(19)14(18)13(20-21)9-17(4,5)6/h7-8H,9,19H2,1-6H3. The van der Waals surface area contributed by atoms with Gasteiger partial charge < -0.3 is 5.73 Å². The van der Waals surface area contributed by atoms with E-state index in [1.54, 1.807) is 4.68 Å². The molecule has 1 aromatic carbocycles. The molecule has 4 heteroatoms. The molecule has 3 nitrogen and oxygen atoms in total. The van der Waals surface area contributed by atoms with Gasteiger partial charge in [-0.15, -0.1) is 0 Å². The molecule has 1 aromatic heterocycles. The quantitative estimate of drug-likeness (QED) is 0.879. The van der Waals surface area contributed by atoms with Crippen LogP contribution in [-0.2, 0) is 6.42 Å². The predicted molar refractivity (Wildman–Crippen MR) is 90.4 cm³/mol. The zero-order valence-electron chi connectivity index (χ0n) is 13.7. The van der Waals surface area contributed by atoms with Crippen molar-refractivity contribution in [1.29, 1.82) is 0 Å². The molecular formula is C17H24ClN3. The van der Waals surface area contributed by atoms with Gasteiger partial charge in [0.15, 0.2) is 0 Å². The van der Waals surface area contributed by atoms with Crippen LogP contribution in [0.1, 0.15) is 43.2 Å². The first-order valence-corrected chi connectivity index (χ1v) is 7.59. The molecule has 0 aliphatic carbocycles. The van der Waals surface area contributed by atoms with Crippen LogP contribution in [0.4, 0.5) is 5.82 Å². The number of rotatable bonds is 2. The van der Waals surface area contributed by atoms with Gasteiger partial charge in [0, 0.05) is 0 Å². The second-order valence-corrected chi connectivity index (χ2v) is 7.42. The first-order valence-electron chi connectivity index (χ1n) is 7.21. The van der Waals surface area contributed by atoms with Gasteiger partial charge in [-0.1, -0.05) is 50.1 Å². The number of nitrogen functional groups attached to an aromatic ring is 1. The third-order valence-electron chi connectivity index (χ3n) is 3.47. The number of nitrogens with two attached hydrogens (primary N) is 1. The molecule has 21 heavy (non-hydrogen) atoms. The van der Waals surface area contributed by atoms with E-state index in [-0.39, 0.29) is 5.41 Å². The maximum absolute atomic E-state index is 6.40. The molecule has 114 valence electrons. The molecule has 2 N–H and O–H groups in total. The van der Waals surface area contributed by atoms with Crippen LogP contribution >= 0.6 is 11.6 Å². The van der Waals surface area contributed by atoms with Crippen molar-refractivity contribution in [2.75, 3.05) is 5.73 Å². The topological polar surface area (TPSA) is 43.8 Å². The Balaban J connectivity index is 2.59. The lowest BCUT2D eigenvalue weighted by molar-refractivity contribution is 0.405. The summed E-state index contributed by atoms with van der Waals surface area (Å²) in [6.45, 7) is 12.7. The van der Waals surface area contributed by atoms with E-state index in [2.05, 4.69) is 58.8 Å². The number of aromatic nitrogens is 2. The zero-order valence-corrected chi connectivity index (χ0v) is 14.5. The molecule has 2 aromatic rings. The normalized spacial score (nSPS) is 12.0. The van der Waals surface area contributed by atoms with Crippen LogP contribution in [0.15, 0.2) is 12.1 Å². The van der Waals surface area contributed by atoms with E-state index in [4.69, 9.17) is 17.3 Å². The van der Waals surface area contributed by atoms with Gasteiger partial charge in [-0.3, -0.25) is 0 Å². The highest BCUT2D eigenvalue weighted by Gasteiger charge is 2.21. The summed E-state index contributed by atoms with van der Waals surface area (Å²) in [4.78, 5) is 0. The fourth-order valence-corrected chi connectivity index (χ4v) is 2.94. The van der Waals surface area contributed by atoms with E-state index >= 15 is 0 Å². The summed E-state index contributed by atoms with van der Waals surface area (Å²) in [7, 11) is 0. The molecule has 0 radical (unpaired) electrons. The fourth-order valence-electron chi connectivity index (χ4n) is 2.75. The summed E-state index contributed by atoms with van der Waals surface area (Å²) >= 11 is 6.40. The van der Waals surface area contributed by atoms with Gasteiger partial charge in [0.05, 0.1) is 11.4 Å². The van der Waals surface area contributed by atoms with Crippen molar-refractivity contribution in [1.82, 2.24) is 9.78 Å². The number of anilines is 1. The monoisotopic (exact) mass is 305 g/mol. The van der Waals surface area contributed by atoms with Crippen molar-refractivity contribution < 1.29 is 0 Å². The Kier molecular flexibility index (Phi) is 4.07. The lowest BCUT2D eigenvalue weighted by Crippen LogP contribution is -2.11. The van der Waals surface area contributed by atoms with Crippen LogP contribution in [0.2, 0.25) is 5.02 Å². The van der Waals surface area contributed by atoms with Gasteiger partial charge in [-0.05, 0) is 43.7 Å². The molecule has 0 spiro atoms. The molecular weight excluding hydrogens is 282 g/mol. The van der Waals surface area contributed by atoms with Crippen molar-refractivity contribution in [3.8, 4) is 5.69 Å². The molecule has 0 amide bonds. The maximum atomic E-state index is 6.40. The molecule has 0 unspecified atom stereocenters. The minimum absolute atomic E-state index is 0.118. The van der Waals surface area contributed by atoms with Crippen molar-refractivity contribution in [3.05, 3.63) is 39.5 Å². The third-order valence-corrected chi connectivity index (χ3v) is 3.88. The molecule has 0 fully saturated rings. The van der Waals surface area contributed by atoms with Gasteiger partial charge in [-0.2, -0.15) is 5.10 Å². The average Bonchev–Trinajstić information content (AvgIpc) is 2.55. The van der Waals surface area contributed by atoms with Crippen LogP contribution in [0.25, 0.3) is 5.69 Å². The fraction of sp³-hybridized carbons (Fsp3) is 0.471. The highest BCUT2D eigenvalue weighted by atomic mass is 35.5. The number of hydrogen-bond acceptors (Lipinski definition) is 2. The molecule has 0 saturated heterocycles. The van der Waals surface area contributed by atoms with Gasteiger partial charge in [0.25, 0.3) is 0 Å². The predicted octanol–water partition coefficient (Wildman–Crippen LogP) is 4.62. The molecule has 0 saturated carbocycles. The molecule has 0 atom stereocenters. The van der Waals surface area contributed by atoms with E-state index in [0.29, 0.717) is 10.8 Å². The van der Waals surface area contributed by atoms with E-state index < -0.39 is 0 Å². The summed E-state index contributed by atoms with van der Waals surface area (Å²) in [6.07, 6.45) is 0.799. The summed E-state index contributed by atoms with van der Waals surface area (Å²) < 4.78 is 1.79. The Bertz CT molecular complexity index is 655. The zero-order chi connectivity index (χ0) is 15.9. The van der Waals surface area contributed by atoms with E-state index in [1.165, 1.54) is 5.56 Å². The first-order chi connectivity index (χ1) is 9.60. The summed E-state index contributed by atoms with van der Waals surface area (Å²) in [5.41, 5.74) is 11.7. The summed E-state index contributed by atoms with van der Waals surface area (Å²) in [5.74, 6) is 0.519. The third kappa shape index (κ3) is 3.24. The van der Waals surface area contributed by atoms with Gasteiger partial charge in [0.1, 0.15) is 10.8 Å². The Morgan fingerprint density at radius 2 is 1.67 bits per heavy atom. The molecule has 1 heterocycles. The minimum atomic E-state index is 0.118. The number of benzene rings is 1. The largest absolute Gasteiger partial charge is 0.382 e. The molecule has 2 rings (SSSR count). The number of halogens is 1. The van der Waals surface area contributed by atoms with Crippen LogP contribution in [0.3, 0.4) is 0 Å². The van der Waals surface area contributed by atoms with Crippen LogP contribution in [0, 0.1) is 26.2 Å². The van der Waals surface area contributed by atoms with E-state index in [0.717, 1.165) is 28.9 Å². The Labute approximate surface area is 132 Å². The highest BCUT2D eigenvalue weighted by Crippen LogP contribution is 2.32. The van der Waals surface area contributed by atoms with Crippen molar-refractivity contribution in [2.45, 2.75) is 48.0 Å². The second kappa shape index (κ2) is 5.38. The highest BCUT2D eigenvalue weighted by molar-refractivity contribution is 6.33. The van der Waals surface area contributed by atoms with Gasteiger partial charge in [-0.25, -0.2) is 4.68 Å². The number of nitrogens with zero attached hydrogens (tertiary/aromatic N) is 2. The summed E-state index contributed by atoms with van der Waals surface area (Å²) in [5, 5.41) is 5.25. The average molecular weight is 306 g/mol. The first kappa shape index (κ1) is 15.9. The van der Waals surface area contributed by atoms with Gasteiger partial charge in [0.2, 0.25) is 0 Å². The van der Waals surface area contributed by atoms with Crippen LogP contribution in [0.5, 0.6) is 0 Å². The van der Waals surface area contributed by atoms with E-state index in [1.807, 2.05) is 0 Å². The summed E-state index contributed by atoms with van der Waals surface area (Å²) in [6, 6.07) is 4.28.